The maximum atomic E-state index is 11.6. The molecule has 0 amide bonds. The molecule has 1 fully saturated rings. The molecular weight excluding hydrogens is 240 g/mol. The number of aryl methyl sites for hydroxylation is 1. The third kappa shape index (κ3) is 2.69. The van der Waals surface area contributed by atoms with Crippen molar-refractivity contribution in [2.75, 3.05) is 12.8 Å². The molecule has 1 unspecified atom stereocenters. The minimum absolute atomic E-state index is 0.139. The predicted molar refractivity (Wildman–Crippen MR) is 64.0 cm³/mol. The van der Waals surface area contributed by atoms with Crippen LogP contribution in [0.1, 0.15) is 43.7 Å². The van der Waals surface area contributed by atoms with Crippen LogP contribution in [0.3, 0.4) is 0 Å². The third-order valence-corrected chi connectivity index (χ3v) is 4.33. The Bertz CT molecular complexity index is 481. The van der Waals surface area contributed by atoms with Crippen molar-refractivity contribution >= 4 is 10.0 Å². The normalized spacial score (nSPS) is 22.1. The zero-order chi connectivity index (χ0) is 12.5. The van der Waals surface area contributed by atoms with Crippen molar-refractivity contribution in [3.8, 4) is 0 Å². The number of rotatable bonds is 4. The summed E-state index contributed by atoms with van der Waals surface area (Å²) in [5.41, 5.74) is 0.747. The lowest BCUT2D eigenvalue weighted by molar-refractivity contribution is 0.344. The van der Waals surface area contributed by atoms with Crippen LogP contribution in [0, 0.1) is 0 Å². The smallest absolute Gasteiger partial charge is 0.211 e. The molecule has 0 spiro atoms. The van der Waals surface area contributed by atoms with Crippen molar-refractivity contribution in [2.45, 2.75) is 38.6 Å². The molecule has 1 aromatic heterocycles. The molecular formula is C11H18N2O3S. The van der Waals surface area contributed by atoms with Gasteiger partial charge in [0.1, 0.15) is 11.5 Å². The van der Waals surface area contributed by atoms with Crippen LogP contribution in [-0.4, -0.2) is 30.7 Å². The van der Waals surface area contributed by atoms with Crippen LogP contribution in [0.2, 0.25) is 0 Å². The SMILES string of the molecule is CCCc1cc(C2CCCN2S(C)(=O)=O)no1. The molecule has 1 aromatic rings. The summed E-state index contributed by atoms with van der Waals surface area (Å²) < 4.78 is 30.0. The first-order valence-electron chi connectivity index (χ1n) is 5.94. The molecule has 1 aliphatic heterocycles. The molecule has 1 saturated heterocycles. The largest absolute Gasteiger partial charge is 0.361 e. The number of hydrogen-bond acceptors (Lipinski definition) is 4. The Morgan fingerprint density at radius 3 is 3.00 bits per heavy atom. The Morgan fingerprint density at radius 2 is 2.35 bits per heavy atom. The van der Waals surface area contributed by atoms with Gasteiger partial charge < -0.3 is 4.52 Å². The number of hydrogen-bond donors (Lipinski definition) is 0. The van der Waals surface area contributed by atoms with Crippen molar-refractivity contribution in [1.29, 1.82) is 0 Å². The van der Waals surface area contributed by atoms with Crippen LogP contribution in [0.25, 0.3) is 0 Å². The Hall–Kier alpha value is -0.880. The number of aromatic nitrogens is 1. The first-order chi connectivity index (χ1) is 8.02. The molecule has 1 aliphatic rings. The van der Waals surface area contributed by atoms with E-state index in [4.69, 9.17) is 4.52 Å². The van der Waals surface area contributed by atoms with Crippen LogP contribution >= 0.6 is 0 Å². The molecule has 1 atom stereocenters. The fourth-order valence-corrected chi connectivity index (χ4v) is 3.42. The fourth-order valence-electron chi connectivity index (χ4n) is 2.28. The number of nitrogens with zero attached hydrogens (tertiary/aromatic N) is 2. The molecule has 6 heteroatoms. The molecule has 5 nitrogen and oxygen atoms in total. The van der Waals surface area contributed by atoms with Gasteiger partial charge >= 0.3 is 0 Å². The standard InChI is InChI=1S/C11H18N2O3S/c1-3-5-9-8-10(12-16-9)11-6-4-7-13(11)17(2,14)15/h8,11H,3-7H2,1-2H3. The second kappa shape index (κ2) is 4.78. The fraction of sp³-hybridized carbons (Fsp3) is 0.727. The molecule has 0 bridgehead atoms. The van der Waals surface area contributed by atoms with Crippen molar-refractivity contribution in [3.63, 3.8) is 0 Å². The molecule has 0 saturated carbocycles. The highest BCUT2D eigenvalue weighted by atomic mass is 32.2. The van der Waals surface area contributed by atoms with E-state index >= 15 is 0 Å². The molecule has 2 rings (SSSR count). The first-order valence-corrected chi connectivity index (χ1v) is 7.79. The Balaban J connectivity index is 2.20. The molecule has 0 N–H and O–H groups in total. The average Bonchev–Trinajstić information content (AvgIpc) is 2.82. The van der Waals surface area contributed by atoms with E-state index in [2.05, 4.69) is 12.1 Å². The second-order valence-corrected chi connectivity index (χ2v) is 6.43. The van der Waals surface area contributed by atoms with Gasteiger partial charge in [-0.15, -0.1) is 0 Å². The summed E-state index contributed by atoms with van der Waals surface area (Å²) in [4.78, 5) is 0. The van der Waals surface area contributed by atoms with Gasteiger partial charge in [-0.3, -0.25) is 0 Å². The molecule has 17 heavy (non-hydrogen) atoms. The summed E-state index contributed by atoms with van der Waals surface area (Å²) in [5, 5.41) is 4.00. The van der Waals surface area contributed by atoms with Crippen molar-refractivity contribution in [3.05, 3.63) is 17.5 Å². The zero-order valence-corrected chi connectivity index (χ0v) is 11.0. The summed E-state index contributed by atoms with van der Waals surface area (Å²) in [6.45, 7) is 2.65. The Morgan fingerprint density at radius 1 is 1.59 bits per heavy atom. The third-order valence-electron chi connectivity index (χ3n) is 3.04. The van der Waals surface area contributed by atoms with E-state index in [1.54, 1.807) is 0 Å². The molecule has 0 aliphatic carbocycles. The minimum Gasteiger partial charge on any atom is -0.361 e. The van der Waals surface area contributed by atoms with Gasteiger partial charge in [-0.05, 0) is 19.3 Å². The van der Waals surface area contributed by atoms with Crippen LogP contribution in [-0.2, 0) is 16.4 Å². The van der Waals surface area contributed by atoms with E-state index in [0.29, 0.717) is 6.54 Å². The summed E-state index contributed by atoms with van der Waals surface area (Å²) >= 11 is 0. The van der Waals surface area contributed by atoms with Crippen molar-refractivity contribution < 1.29 is 12.9 Å². The van der Waals surface area contributed by atoms with Crippen LogP contribution in [0.5, 0.6) is 0 Å². The van der Waals surface area contributed by atoms with Gasteiger partial charge in [-0.2, -0.15) is 4.31 Å². The summed E-state index contributed by atoms with van der Waals surface area (Å²) in [6, 6.07) is 1.75. The lowest BCUT2D eigenvalue weighted by Crippen LogP contribution is -2.29. The highest BCUT2D eigenvalue weighted by Gasteiger charge is 2.34. The van der Waals surface area contributed by atoms with E-state index in [1.807, 2.05) is 6.07 Å². The topological polar surface area (TPSA) is 63.4 Å². The molecule has 0 radical (unpaired) electrons. The highest BCUT2D eigenvalue weighted by molar-refractivity contribution is 7.88. The van der Waals surface area contributed by atoms with Crippen LogP contribution in [0.15, 0.2) is 10.6 Å². The zero-order valence-electron chi connectivity index (χ0n) is 10.2. The lowest BCUT2D eigenvalue weighted by Gasteiger charge is -2.19. The van der Waals surface area contributed by atoms with Crippen molar-refractivity contribution in [1.82, 2.24) is 9.46 Å². The van der Waals surface area contributed by atoms with Gasteiger partial charge in [0.25, 0.3) is 0 Å². The van der Waals surface area contributed by atoms with E-state index in [1.165, 1.54) is 10.6 Å². The van der Waals surface area contributed by atoms with Crippen molar-refractivity contribution in [2.24, 2.45) is 0 Å². The first kappa shape index (κ1) is 12.6. The summed E-state index contributed by atoms with van der Waals surface area (Å²) in [7, 11) is -3.15. The Labute approximate surface area is 102 Å². The van der Waals surface area contributed by atoms with E-state index in [9.17, 15) is 8.42 Å². The van der Waals surface area contributed by atoms with E-state index in [-0.39, 0.29) is 6.04 Å². The monoisotopic (exact) mass is 258 g/mol. The van der Waals surface area contributed by atoms with Gasteiger partial charge in [-0.1, -0.05) is 12.1 Å². The summed E-state index contributed by atoms with van der Waals surface area (Å²) in [5.74, 6) is 0.836. The molecule has 2 heterocycles. The molecule has 96 valence electrons. The highest BCUT2D eigenvalue weighted by Crippen LogP contribution is 2.33. The number of sulfonamides is 1. The maximum absolute atomic E-state index is 11.6. The average molecular weight is 258 g/mol. The van der Waals surface area contributed by atoms with E-state index < -0.39 is 10.0 Å². The predicted octanol–water partition coefficient (Wildman–Crippen LogP) is 1.72. The molecule has 0 aromatic carbocycles. The maximum Gasteiger partial charge on any atom is 0.211 e. The summed E-state index contributed by atoms with van der Waals surface area (Å²) in [6.07, 6.45) is 4.80. The quantitative estimate of drug-likeness (QED) is 0.825. The van der Waals surface area contributed by atoms with Crippen LogP contribution in [0.4, 0.5) is 0 Å². The van der Waals surface area contributed by atoms with Crippen LogP contribution < -0.4 is 0 Å². The van der Waals surface area contributed by atoms with Gasteiger partial charge in [-0.25, -0.2) is 8.42 Å². The van der Waals surface area contributed by atoms with Gasteiger partial charge in [0, 0.05) is 19.0 Å². The Kier molecular flexibility index (Phi) is 3.53. The second-order valence-electron chi connectivity index (χ2n) is 4.50. The minimum atomic E-state index is -3.15. The lowest BCUT2D eigenvalue weighted by atomic mass is 10.1. The van der Waals surface area contributed by atoms with Gasteiger partial charge in [0.2, 0.25) is 10.0 Å². The van der Waals surface area contributed by atoms with Gasteiger partial charge in [0.05, 0.1) is 12.3 Å². The van der Waals surface area contributed by atoms with Gasteiger partial charge in [0.15, 0.2) is 0 Å². The van der Waals surface area contributed by atoms with E-state index in [0.717, 1.165) is 37.1 Å².